The van der Waals surface area contributed by atoms with Crippen LogP contribution in [-0.2, 0) is 4.74 Å². The maximum atomic E-state index is 5.05. The minimum atomic E-state index is 0.741. The van der Waals surface area contributed by atoms with Gasteiger partial charge in [-0.05, 0) is 41.5 Å². The normalized spacial score (nSPS) is 20.4. The van der Waals surface area contributed by atoms with Crippen molar-refractivity contribution in [2.45, 2.75) is 12.3 Å². The fourth-order valence-electron chi connectivity index (χ4n) is 2.90. The van der Waals surface area contributed by atoms with Crippen LogP contribution in [0.1, 0.15) is 17.9 Å². The summed E-state index contributed by atoms with van der Waals surface area (Å²) in [7, 11) is 1.75. The van der Waals surface area contributed by atoms with Crippen molar-refractivity contribution in [1.82, 2.24) is 5.32 Å². The summed E-state index contributed by atoms with van der Waals surface area (Å²) in [5.41, 5.74) is 4.07. The molecule has 0 radical (unpaired) electrons. The van der Waals surface area contributed by atoms with Crippen LogP contribution in [0.3, 0.4) is 0 Å². The summed E-state index contributed by atoms with van der Waals surface area (Å²) in [6.45, 7) is 2.85. The largest absolute Gasteiger partial charge is 0.383 e. The van der Waals surface area contributed by atoms with Gasteiger partial charge in [-0.2, -0.15) is 0 Å². The maximum Gasteiger partial charge on any atom is 0.0587 e. The second-order valence-electron chi connectivity index (χ2n) is 5.79. The molecule has 2 aromatic carbocycles. The number of ether oxygens (including phenoxy) is 1. The zero-order chi connectivity index (χ0) is 14.5. The molecule has 1 aliphatic rings. The van der Waals surface area contributed by atoms with Gasteiger partial charge in [0.1, 0.15) is 0 Å². The average Bonchev–Trinajstić information content (AvgIpc) is 3.32. The van der Waals surface area contributed by atoms with Gasteiger partial charge in [0, 0.05) is 13.7 Å². The summed E-state index contributed by atoms with van der Waals surface area (Å²) in [6, 6.07) is 19.6. The van der Waals surface area contributed by atoms with E-state index in [1.54, 1.807) is 7.11 Å². The first kappa shape index (κ1) is 14.3. The zero-order valence-electron chi connectivity index (χ0n) is 12.6. The van der Waals surface area contributed by atoms with Crippen LogP contribution < -0.4 is 5.32 Å². The van der Waals surface area contributed by atoms with Crippen molar-refractivity contribution in [3.05, 3.63) is 60.2 Å². The molecule has 0 bridgehead atoms. The smallest absolute Gasteiger partial charge is 0.0587 e. The molecular weight excluding hydrogens is 258 g/mol. The van der Waals surface area contributed by atoms with Gasteiger partial charge in [-0.1, -0.05) is 54.6 Å². The highest BCUT2D eigenvalue weighted by molar-refractivity contribution is 5.63. The number of methoxy groups -OCH3 is 1. The molecule has 2 unspecified atom stereocenters. The summed E-state index contributed by atoms with van der Waals surface area (Å²) in [6.07, 6.45) is 1.31. The van der Waals surface area contributed by atoms with Gasteiger partial charge >= 0.3 is 0 Å². The molecule has 1 saturated carbocycles. The lowest BCUT2D eigenvalue weighted by Crippen LogP contribution is -2.21. The van der Waals surface area contributed by atoms with Gasteiger partial charge in [0.25, 0.3) is 0 Å². The topological polar surface area (TPSA) is 21.3 Å². The third-order valence-electron chi connectivity index (χ3n) is 4.26. The van der Waals surface area contributed by atoms with Gasteiger partial charge in [-0.3, -0.25) is 0 Å². The molecule has 0 saturated heterocycles. The van der Waals surface area contributed by atoms with Crippen molar-refractivity contribution in [2.24, 2.45) is 5.92 Å². The molecule has 3 rings (SSSR count). The summed E-state index contributed by atoms with van der Waals surface area (Å²) >= 11 is 0. The summed E-state index contributed by atoms with van der Waals surface area (Å²) in [4.78, 5) is 0. The van der Waals surface area contributed by atoms with Crippen LogP contribution in [0, 0.1) is 5.92 Å². The molecule has 0 aliphatic heterocycles. The van der Waals surface area contributed by atoms with Gasteiger partial charge in [0.2, 0.25) is 0 Å². The summed E-state index contributed by atoms with van der Waals surface area (Å²) < 4.78 is 5.05. The van der Waals surface area contributed by atoms with E-state index in [2.05, 4.69) is 59.9 Å². The zero-order valence-corrected chi connectivity index (χ0v) is 12.6. The molecule has 1 aliphatic carbocycles. The van der Waals surface area contributed by atoms with Crippen LogP contribution >= 0.6 is 0 Å². The second kappa shape index (κ2) is 6.88. The Morgan fingerprint density at radius 2 is 1.71 bits per heavy atom. The number of hydrogen-bond donors (Lipinski definition) is 1. The fourth-order valence-corrected chi connectivity index (χ4v) is 2.90. The standard InChI is InChI=1S/C19H23NO/c1-21-12-11-20-14-18-13-19(18)17-9-7-16(8-10-17)15-5-3-2-4-6-15/h2-10,18-20H,11-14H2,1H3. The van der Waals surface area contributed by atoms with E-state index in [-0.39, 0.29) is 0 Å². The molecule has 1 fully saturated rings. The summed E-state index contributed by atoms with van der Waals surface area (Å²) in [5.74, 6) is 1.54. The van der Waals surface area contributed by atoms with Crippen molar-refractivity contribution in [2.75, 3.05) is 26.8 Å². The van der Waals surface area contributed by atoms with Gasteiger partial charge < -0.3 is 10.1 Å². The first-order valence-corrected chi connectivity index (χ1v) is 7.73. The summed E-state index contributed by atoms with van der Waals surface area (Å²) in [5, 5.41) is 3.46. The first-order chi connectivity index (χ1) is 10.4. The van der Waals surface area contributed by atoms with E-state index in [0.717, 1.165) is 31.5 Å². The Bertz CT molecular complexity index is 550. The molecule has 2 atom stereocenters. The average molecular weight is 281 g/mol. The predicted molar refractivity (Wildman–Crippen MR) is 87.5 cm³/mol. The van der Waals surface area contributed by atoms with E-state index >= 15 is 0 Å². The van der Waals surface area contributed by atoms with Crippen LogP contribution in [-0.4, -0.2) is 26.8 Å². The molecule has 0 amide bonds. The van der Waals surface area contributed by atoms with E-state index in [1.807, 2.05) is 0 Å². The lowest BCUT2D eigenvalue weighted by atomic mass is 10.0. The Morgan fingerprint density at radius 1 is 1.00 bits per heavy atom. The highest BCUT2D eigenvalue weighted by atomic mass is 16.5. The third kappa shape index (κ3) is 3.72. The van der Waals surface area contributed by atoms with Crippen molar-refractivity contribution < 1.29 is 4.74 Å². The Kier molecular flexibility index (Phi) is 4.69. The SMILES string of the molecule is COCCNCC1CC1c1ccc(-c2ccccc2)cc1. The molecule has 0 heterocycles. The van der Waals surface area contributed by atoms with E-state index in [4.69, 9.17) is 4.74 Å². The van der Waals surface area contributed by atoms with Crippen LogP contribution in [0.4, 0.5) is 0 Å². The second-order valence-corrected chi connectivity index (χ2v) is 5.79. The van der Waals surface area contributed by atoms with Crippen molar-refractivity contribution in [3.63, 3.8) is 0 Å². The highest BCUT2D eigenvalue weighted by Gasteiger charge is 2.37. The molecule has 21 heavy (non-hydrogen) atoms. The van der Waals surface area contributed by atoms with E-state index in [9.17, 15) is 0 Å². The van der Waals surface area contributed by atoms with Crippen molar-refractivity contribution >= 4 is 0 Å². The number of nitrogens with one attached hydrogen (secondary N) is 1. The van der Waals surface area contributed by atoms with Crippen LogP contribution in [0.2, 0.25) is 0 Å². The van der Waals surface area contributed by atoms with Gasteiger partial charge in [-0.25, -0.2) is 0 Å². The Morgan fingerprint density at radius 3 is 2.43 bits per heavy atom. The predicted octanol–water partition coefficient (Wildman–Crippen LogP) is 3.69. The molecule has 2 nitrogen and oxygen atoms in total. The molecular formula is C19H23NO. The monoisotopic (exact) mass is 281 g/mol. The van der Waals surface area contributed by atoms with E-state index in [0.29, 0.717) is 0 Å². The Labute approximate surface area is 127 Å². The quantitative estimate of drug-likeness (QED) is 0.781. The van der Waals surface area contributed by atoms with Crippen molar-refractivity contribution in [3.8, 4) is 11.1 Å². The Hall–Kier alpha value is -1.64. The van der Waals surface area contributed by atoms with Gasteiger partial charge in [0.15, 0.2) is 0 Å². The molecule has 110 valence electrons. The molecule has 2 heteroatoms. The molecule has 2 aromatic rings. The Balaban J connectivity index is 1.54. The number of benzene rings is 2. The number of rotatable bonds is 7. The van der Waals surface area contributed by atoms with Crippen LogP contribution in [0.25, 0.3) is 11.1 Å². The van der Waals surface area contributed by atoms with Gasteiger partial charge in [0.05, 0.1) is 6.61 Å². The van der Waals surface area contributed by atoms with Crippen LogP contribution in [0.5, 0.6) is 0 Å². The van der Waals surface area contributed by atoms with E-state index < -0.39 is 0 Å². The number of hydrogen-bond acceptors (Lipinski definition) is 2. The lowest BCUT2D eigenvalue weighted by Gasteiger charge is -2.05. The maximum absolute atomic E-state index is 5.05. The molecule has 0 spiro atoms. The highest BCUT2D eigenvalue weighted by Crippen LogP contribution is 2.47. The fraction of sp³-hybridized carbons (Fsp3) is 0.368. The van der Waals surface area contributed by atoms with E-state index in [1.165, 1.54) is 23.1 Å². The molecule has 1 N–H and O–H groups in total. The minimum absolute atomic E-state index is 0.741. The van der Waals surface area contributed by atoms with Crippen LogP contribution in [0.15, 0.2) is 54.6 Å². The lowest BCUT2D eigenvalue weighted by molar-refractivity contribution is 0.199. The molecule has 0 aromatic heterocycles. The first-order valence-electron chi connectivity index (χ1n) is 7.73. The minimum Gasteiger partial charge on any atom is -0.383 e. The van der Waals surface area contributed by atoms with Crippen molar-refractivity contribution in [1.29, 1.82) is 0 Å². The van der Waals surface area contributed by atoms with Gasteiger partial charge in [-0.15, -0.1) is 0 Å². The third-order valence-corrected chi connectivity index (χ3v) is 4.26.